The minimum absolute atomic E-state index is 0. The predicted octanol–water partition coefficient (Wildman–Crippen LogP) is 1.81. The molecule has 1 amide bonds. The summed E-state index contributed by atoms with van der Waals surface area (Å²) < 4.78 is 0. The summed E-state index contributed by atoms with van der Waals surface area (Å²) >= 11 is 0. The van der Waals surface area contributed by atoms with E-state index in [1.165, 1.54) is 19.4 Å². The summed E-state index contributed by atoms with van der Waals surface area (Å²) in [4.78, 5) is 14.3. The normalized spacial score (nSPS) is 29.6. The average Bonchev–Trinajstić information content (AvgIpc) is 2.97. The van der Waals surface area contributed by atoms with Crippen LogP contribution in [0.1, 0.15) is 39.0 Å². The van der Waals surface area contributed by atoms with Crippen molar-refractivity contribution >= 4 is 30.7 Å². The number of nitrogens with one attached hydrogen (secondary N) is 1. The Kier molecular flexibility index (Phi) is 9.81. The number of amides is 1. The van der Waals surface area contributed by atoms with Gasteiger partial charge >= 0.3 is 0 Å². The van der Waals surface area contributed by atoms with Crippen LogP contribution in [-0.2, 0) is 4.79 Å². The molecule has 0 radical (unpaired) electrons. The molecular weight excluding hydrogens is 297 g/mol. The quantitative estimate of drug-likeness (QED) is 0.810. The summed E-state index contributed by atoms with van der Waals surface area (Å²) in [6.07, 6.45) is 5.25. The molecule has 1 aliphatic carbocycles. The molecule has 1 heterocycles. The van der Waals surface area contributed by atoms with E-state index in [0.29, 0.717) is 18.3 Å². The van der Waals surface area contributed by atoms with Gasteiger partial charge in [-0.3, -0.25) is 4.79 Å². The molecule has 1 aliphatic heterocycles. The third-order valence-corrected chi connectivity index (χ3v) is 4.57. The number of nitrogens with zero attached hydrogens (tertiary/aromatic N) is 1. The molecule has 20 heavy (non-hydrogen) atoms. The predicted molar refractivity (Wildman–Crippen MR) is 87.7 cm³/mol. The van der Waals surface area contributed by atoms with E-state index < -0.39 is 0 Å². The van der Waals surface area contributed by atoms with Crippen molar-refractivity contribution in [2.24, 2.45) is 17.6 Å². The minimum atomic E-state index is 0. The zero-order valence-electron chi connectivity index (χ0n) is 12.3. The van der Waals surface area contributed by atoms with Gasteiger partial charge in [-0.2, -0.15) is 0 Å². The van der Waals surface area contributed by atoms with Gasteiger partial charge in [0.15, 0.2) is 0 Å². The summed E-state index contributed by atoms with van der Waals surface area (Å²) in [5, 5.41) is 3.10. The first-order valence-electron chi connectivity index (χ1n) is 7.43. The number of hydrogen-bond acceptors (Lipinski definition) is 3. The Morgan fingerprint density at radius 1 is 1.30 bits per heavy atom. The lowest BCUT2D eigenvalue weighted by Gasteiger charge is -2.17. The maximum absolute atomic E-state index is 11.9. The Balaban J connectivity index is 0.00000180. The maximum Gasteiger partial charge on any atom is 0.220 e. The summed E-state index contributed by atoms with van der Waals surface area (Å²) in [7, 11) is 0. The van der Waals surface area contributed by atoms with Crippen LogP contribution in [0.15, 0.2) is 0 Å². The number of likely N-dealkylation sites (tertiary alicyclic amines) is 1. The van der Waals surface area contributed by atoms with Gasteiger partial charge in [0.2, 0.25) is 5.91 Å². The van der Waals surface area contributed by atoms with Crippen molar-refractivity contribution < 1.29 is 4.79 Å². The molecule has 120 valence electrons. The lowest BCUT2D eigenvalue weighted by molar-refractivity contribution is -0.122. The van der Waals surface area contributed by atoms with E-state index in [2.05, 4.69) is 17.1 Å². The molecule has 0 aromatic carbocycles. The standard InChI is InChI=1S/C14H27N3O.2ClH/c1-2-17-7-6-11(10-17)9-16-14(18)8-12-4-3-5-13(12)15;;/h11-13H,2-10,15H2,1H3,(H,16,18);2*1H/t11?,12-,13+;;/m0../s1. The molecule has 6 heteroatoms. The molecule has 2 fully saturated rings. The Morgan fingerprint density at radius 3 is 2.60 bits per heavy atom. The van der Waals surface area contributed by atoms with Gasteiger partial charge in [-0.1, -0.05) is 13.3 Å². The maximum atomic E-state index is 11.9. The average molecular weight is 326 g/mol. The van der Waals surface area contributed by atoms with Gasteiger partial charge in [0.25, 0.3) is 0 Å². The van der Waals surface area contributed by atoms with E-state index in [0.717, 1.165) is 32.5 Å². The monoisotopic (exact) mass is 325 g/mol. The van der Waals surface area contributed by atoms with Crippen LogP contribution in [0.3, 0.4) is 0 Å². The highest BCUT2D eigenvalue weighted by atomic mass is 35.5. The van der Waals surface area contributed by atoms with Crippen LogP contribution in [0.4, 0.5) is 0 Å². The van der Waals surface area contributed by atoms with Crippen molar-refractivity contribution in [3.05, 3.63) is 0 Å². The van der Waals surface area contributed by atoms with Crippen molar-refractivity contribution in [1.29, 1.82) is 0 Å². The van der Waals surface area contributed by atoms with E-state index in [1.807, 2.05) is 0 Å². The zero-order chi connectivity index (χ0) is 13.0. The molecule has 4 nitrogen and oxygen atoms in total. The second-order valence-electron chi connectivity index (χ2n) is 5.91. The van der Waals surface area contributed by atoms with Crippen molar-refractivity contribution in [2.75, 3.05) is 26.2 Å². The largest absolute Gasteiger partial charge is 0.356 e. The highest BCUT2D eigenvalue weighted by molar-refractivity contribution is 5.85. The fraction of sp³-hybridized carbons (Fsp3) is 0.929. The van der Waals surface area contributed by atoms with Crippen LogP contribution in [0.25, 0.3) is 0 Å². The summed E-state index contributed by atoms with van der Waals surface area (Å²) in [6.45, 7) is 6.49. The third kappa shape index (κ3) is 5.76. The minimum Gasteiger partial charge on any atom is -0.356 e. The Morgan fingerprint density at radius 2 is 2.05 bits per heavy atom. The lowest BCUT2D eigenvalue weighted by atomic mass is 9.99. The molecule has 0 spiro atoms. The topological polar surface area (TPSA) is 58.4 Å². The van der Waals surface area contributed by atoms with E-state index in [-0.39, 0.29) is 36.8 Å². The van der Waals surface area contributed by atoms with Gasteiger partial charge in [0, 0.05) is 25.6 Å². The highest BCUT2D eigenvalue weighted by Crippen LogP contribution is 2.26. The number of carbonyl (C=O) groups is 1. The van der Waals surface area contributed by atoms with Crippen LogP contribution in [0.5, 0.6) is 0 Å². The Hall–Kier alpha value is -0.0300. The van der Waals surface area contributed by atoms with Crippen molar-refractivity contribution in [2.45, 2.75) is 45.1 Å². The first-order chi connectivity index (χ1) is 8.69. The molecule has 2 aliphatic rings. The molecule has 3 atom stereocenters. The van der Waals surface area contributed by atoms with Crippen LogP contribution in [0.2, 0.25) is 0 Å². The Bertz CT molecular complexity index is 292. The Labute approximate surface area is 135 Å². The van der Waals surface area contributed by atoms with Gasteiger partial charge < -0.3 is 16.0 Å². The molecule has 0 aromatic rings. The molecule has 3 N–H and O–H groups in total. The third-order valence-electron chi connectivity index (χ3n) is 4.57. The van der Waals surface area contributed by atoms with E-state index >= 15 is 0 Å². The number of carbonyl (C=O) groups excluding carboxylic acids is 1. The van der Waals surface area contributed by atoms with Gasteiger partial charge in [-0.15, -0.1) is 24.8 Å². The lowest BCUT2D eigenvalue weighted by Crippen LogP contribution is -2.34. The van der Waals surface area contributed by atoms with Crippen LogP contribution in [-0.4, -0.2) is 43.0 Å². The van der Waals surface area contributed by atoms with Crippen molar-refractivity contribution in [3.8, 4) is 0 Å². The smallest absolute Gasteiger partial charge is 0.220 e. The van der Waals surface area contributed by atoms with E-state index in [9.17, 15) is 4.79 Å². The zero-order valence-corrected chi connectivity index (χ0v) is 14.0. The molecule has 1 saturated heterocycles. The molecule has 0 aromatic heterocycles. The molecule has 1 unspecified atom stereocenters. The second kappa shape index (κ2) is 9.82. The number of halogens is 2. The van der Waals surface area contributed by atoms with Crippen LogP contribution in [0, 0.1) is 11.8 Å². The summed E-state index contributed by atoms with van der Waals surface area (Å²) in [5.74, 6) is 1.26. The first kappa shape index (κ1) is 20.0. The fourth-order valence-corrected chi connectivity index (χ4v) is 3.25. The molecule has 2 rings (SSSR count). The van der Waals surface area contributed by atoms with Crippen molar-refractivity contribution in [3.63, 3.8) is 0 Å². The first-order valence-corrected chi connectivity index (χ1v) is 7.43. The van der Waals surface area contributed by atoms with Gasteiger partial charge in [0.1, 0.15) is 0 Å². The van der Waals surface area contributed by atoms with Crippen LogP contribution < -0.4 is 11.1 Å². The summed E-state index contributed by atoms with van der Waals surface area (Å²) in [6, 6.07) is 0.248. The van der Waals surface area contributed by atoms with Crippen molar-refractivity contribution in [1.82, 2.24) is 10.2 Å². The van der Waals surface area contributed by atoms with Gasteiger partial charge in [-0.05, 0) is 44.2 Å². The molecule has 0 bridgehead atoms. The number of nitrogens with two attached hydrogens (primary N) is 1. The second-order valence-corrected chi connectivity index (χ2v) is 5.91. The SMILES string of the molecule is CCN1CCC(CNC(=O)C[C@@H]2CCC[C@H]2N)C1.Cl.Cl. The molecule has 1 saturated carbocycles. The number of rotatable bonds is 5. The number of hydrogen-bond donors (Lipinski definition) is 2. The van der Waals surface area contributed by atoms with E-state index in [1.54, 1.807) is 0 Å². The highest BCUT2D eigenvalue weighted by Gasteiger charge is 2.27. The van der Waals surface area contributed by atoms with Crippen LogP contribution >= 0.6 is 24.8 Å². The molecular formula is C14H29Cl2N3O. The van der Waals surface area contributed by atoms with Gasteiger partial charge in [-0.25, -0.2) is 0 Å². The van der Waals surface area contributed by atoms with Gasteiger partial charge in [0.05, 0.1) is 0 Å². The summed E-state index contributed by atoms with van der Waals surface area (Å²) in [5.41, 5.74) is 6.00. The fourth-order valence-electron chi connectivity index (χ4n) is 3.25. The van der Waals surface area contributed by atoms with E-state index in [4.69, 9.17) is 5.73 Å².